The van der Waals surface area contributed by atoms with E-state index in [1.165, 1.54) is 36.4 Å². The predicted octanol–water partition coefficient (Wildman–Crippen LogP) is 4.33. The molecule has 142 valence electrons. The van der Waals surface area contributed by atoms with E-state index < -0.39 is 30.3 Å². The van der Waals surface area contributed by atoms with Gasteiger partial charge in [0.15, 0.2) is 5.82 Å². The van der Waals surface area contributed by atoms with Crippen LogP contribution in [0.5, 0.6) is 5.75 Å². The second-order valence-corrected chi connectivity index (χ2v) is 5.49. The van der Waals surface area contributed by atoms with Gasteiger partial charge in [-0.05, 0) is 24.3 Å². The van der Waals surface area contributed by atoms with Crippen molar-refractivity contribution in [2.75, 3.05) is 0 Å². The number of rotatable bonds is 5. The van der Waals surface area contributed by atoms with E-state index in [0.717, 1.165) is 6.07 Å². The number of hydrogen-bond acceptors (Lipinski definition) is 3. The molecule has 0 spiro atoms. The normalized spacial score (nSPS) is 11.8. The van der Waals surface area contributed by atoms with Crippen molar-refractivity contribution in [1.82, 2.24) is 15.3 Å². The number of nitrogens with zero attached hydrogens (tertiary/aromatic N) is 1. The molecule has 0 saturated carbocycles. The highest BCUT2D eigenvalue weighted by atomic mass is 19.4. The van der Waals surface area contributed by atoms with E-state index in [1.54, 1.807) is 0 Å². The number of aromatic amines is 1. The molecule has 0 fully saturated rings. The Bertz CT molecular complexity index is 969. The minimum absolute atomic E-state index is 0.130. The Kier molecular flexibility index (Phi) is 4.98. The first kappa shape index (κ1) is 18.6. The molecule has 5 nitrogen and oxygen atoms in total. The quantitative estimate of drug-likeness (QED) is 0.643. The van der Waals surface area contributed by atoms with Crippen molar-refractivity contribution in [3.63, 3.8) is 0 Å². The molecule has 10 heteroatoms. The molecule has 0 radical (unpaired) electrons. The first-order valence-electron chi connectivity index (χ1n) is 7.62. The number of para-hydroxylation sites is 1. The number of alkyl halides is 5. The lowest BCUT2D eigenvalue weighted by atomic mass is 10.1. The van der Waals surface area contributed by atoms with E-state index in [2.05, 4.69) is 20.0 Å². The Morgan fingerprint density at radius 2 is 1.93 bits per heavy atom. The molecule has 0 atom stereocenters. The van der Waals surface area contributed by atoms with Crippen LogP contribution in [0.4, 0.5) is 22.0 Å². The fraction of sp³-hybridized carbons (Fsp3) is 0.176. The summed E-state index contributed by atoms with van der Waals surface area (Å²) in [6, 6.07) is 9.51. The van der Waals surface area contributed by atoms with Crippen molar-refractivity contribution < 1.29 is 31.5 Å². The monoisotopic (exact) mass is 385 g/mol. The molecule has 0 aliphatic heterocycles. The Morgan fingerprint density at radius 3 is 2.63 bits per heavy atom. The Hall–Kier alpha value is -3.17. The summed E-state index contributed by atoms with van der Waals surface area (Å²) in [5.41, 5.74) is 0.788. The maximum Gasteiger partial charge on any atom is 0.573 e. The number of hydrogen-bond donors (Lipinski definition) is 2. The number of carbonyl (C=O) groups is 1. The highest BCUT2D eigenvalue weighted by Crippen LogP contribution is 2.26. The second-order valence-electron chi connectivity index (χ2n) is 5.49. The minimum atomic E-state index is -4.85. The molecule has 1 amide bonds. The summed E-state index contributed by atoms with van der Waals surface area (Å²) in [5, 5.41) is 2.47. The fourth-order valence-electron chi connectivity index (χ4n) is 2.43. The average molecular weight is 385 g/mol. The third-order valence-corrected chi connectivity index (χ3v) is 3.61. The van der Waals surface area contributed by atoms with Crippen LogP contribution >= 0.6 is 0 Å². The van der Waals surface area contributed by atoms with Crippen LogP contribution in [0.1, 0.15) is 28.2 Å². The van der Waals surface area contributed by atoms with Gasteiger partial charge in [0, 0.05) is 17.7 Å². The lowest BCUT2D eigenvalue weighted by Crippen LogP contribution is -2.24. The summed E-state index contributed by atoms with van der Waals surface area (Å²) in [6.07, 6.45) is -7.63. The van der Waals surface area contributed by atoms with Crippen LogP contribution < -0.4 is 10.1 Å². The summed E-state index contributed by atoms with van der Waals surface area (Å²) < 4.78 is 66.5. The number of carbonyl (C=O) groups excluding carboxylic acids is 1. The highest BCUT2D eigenvalue weighted by molar-refractivity contribution is 5.97. The van der Waals surface area contributed by atoms with Gasteiger partial charge in [0.05, 0.1) is 11.0 Å². The van der Waals surface area contributed by atoms with E-state index in [4.69, 9.17) is 0 Å². The van der Waals surface area contributed by atoms with Gasteiger partial charge in [0.1, 0.15) is 5.75 Å². The molecule has 0 saturated heterocycles. The van der Waals surface area contributed by atoms with Gasteiger partial charge in [-0.1, -0.05) is 18.2 Å². The largest absolute Gasteiger partial charge is 0.573 e. The number of ether oxygens (including phenoxy) is 1. The van der Waals surface area contributed by atoms with Crippen molar-refractivity contribution in [2.24, 2.45) is 0 Å². The molecule has 3 aromatic rings. The molecule has 1 heterocycles. The van der Waals surface area contributed by atoms with Crippen molar-refractivity contribution in [2.45, 2.75) is 19.3 Å². The SMILES string of the molecule is O=C(NCc1ccccc1OC(F)(F)F)c1ccc2nc(C(F)F)[nH]c2c1. The molecule has 0 bridgehead atoms. The van der Waals surface area contributed by atoms with Crippen molar-refractivity contribution >= 4 is 16.9 Å². The van der Waals surface area contributed by atoms with Gasteiger partial charge in [-0.2, -0.15) is 0 Å². The Morgan fingerprint density at radius 1 is 1.19 bits per heavy atom. The molecule has 1 aromatic heterocycles. The van der Waals surface area contributed by atoms with Gasteiger partial charge < -0.3 is 15.0 Å². The first-order valence-corrected chi connectivity index (χ1v) is 7.62. The van der Waals surface area contributed by atoms with Gasteiger partial charge in [-0.3, -0.25) is 4.79 Å². The molecule has 0 aliphatic carbocycles. The average Bonchev–Trinajstić information content (AvgIpc) is 3.03. The number of halogens is 5. The molecular weight excluding hydrogens is 373 g/mol. The maximum atomic E-state index is 12.7. The van der Waals surface area contributed by atoms with Crippen LogP contribution in [0.25, 0.3) is 11.0 Å². The van der Waals surface area contributed by atoms with Crippen LogP contribution in [0, 0.1) is 0 Å². The number of aromatic nitrogens is 2. The summed E-state index contributed by atoms with van der Waals surface area (Å²) in [5.74, 6) is -1.52. The third-order valence-electron chi connectivity index (χ3n) is 3.61. The standard InChI is InChI=1S/C17H12F5N3O2/c18-14(19)15-24-11-6-5-9(7-12(11)25-15)16(26)23-8-10-3-1-2-4-13(10)27-17(20,21)22/h1-7,14H,8H2,(H,23,26)(H,24,25). The number of amides is 1. The van der Waals surface area contributed by atoms with E-state index in [-0.39, 0.29) is 28.7 Å². The van der Waals surface area contributed by atoms with Crippen molar-refractivity contribution in [3.05, 3.63) is 59.4 Å². The number of imidazole rings is 1. The van der Waals surface area contributed by atoms with Crippen molar-refractivity contribution in [1.29, 1.82) is 0 Å². The summed E-state index contributed by atoms with van der Waals surface area (Å²) in [7, 11) is 0. The molecule has 0 aliphatic rings. The van der Waals surface area contributed by atoms with Gasteiger partial charge in [-0.25, -0.2) is 13.8 Å². The summed E-state index contributed by atoms with van der Waals surface area (Å²) in [4.78, 5) is 18.3. The maximum absolute atomic E-state index is 12.7. The number of fused-ring (bicyclic) bond motifs is 1. The van der Waals surface area contributed by atoms with Crippen LogP contribution in [0.2, 0.25) is 0 Å². The Balaban J connectivity index is 1.74. The van der Waals surface area contributed by atoms with Gasteiger partial charge in [0.2, 0.25) is 0 Å². The highest BCUT2D eigenvalue weighted by Gasteiger charge is 2.32. The molecule has 2 N–H and O–H groups in total. The number of H-pyrrole nitrogens is 1. The zero-order valence-corrected chi connectivity index (χ0v) is 13.5. The lowest BCUT2D eigenvalue weighted by Gasteiger charge is -2.13. The molecule has 0 unspecified atom stereocenters. The topological polar surface area (TPSA) is 67.0 Å². The van der Waals surface area contributed by atoms with E-state index in [1.807, 2.05) is 0 Å². The molecule has 27 heavy (non-hydrogen) atoms. The zero-order chi connectivity index (χ0) is 19.6. The molecule has 3 rings (SSSR count). The number of benzene rings is 2. The van der Waals surface area contributed by atoms with Gasteiger partial charge in [-0.15, -0.1) is 13.2 Å². The van der Waals surface area contributed by atoms with E-state index in [9.17, 15) is 26.7 Å². The van der Waals surface area contributed by atoms with Crippen LogP contribution in [-0.2, 0) is 6.54 Å². The fourth-order valence-corrected chi connectivity index (χ4v) is 2.43. The minimum Gasteiger partial charge on any atom is -0.405 e. The molecule has 2 aromatic carbocycles. The summed E-state index contributed by atoms with van der Waals surface area (Å²) in [6.45, 7) is -0.214. The van der Waals surface area contributed by atoms with Crippen LogP contribution in [0.3, 0.4) is 0 Å². The first-order chi connectivity index (χ1) is 12.7. The second kappa shape index (κ2) is 7.22. The smallest absolute Gasteiger partial charge is 0.405 e. The summed E-state index contributed by atoms with van der Waals surface area (Å²) >= 11 is 0. The predicted molar refractivity (Wildman–Crippen MR) is 85.3 cm³/mol. The van der Waals surface area contributed by atoms with Gasteiger partial charge >= 0.3 is 6.36 Å². The van der Waals surface area contributed by atoms with Crippen LogP contribution in [0.15, 0.2) is 42.5 Å². The van der Waals surface area contributed by atoms with E-state index in [0.29, 0.717) is 0 Å². The van der Waals surface area contributed by atoms with Crippen LogP contribution in [-0.4, -0.2) is 22.2 Å². The van der Waals surface area contributed by atoms with E-state index >= 15 is 0 Å². The lowest BCUT2D eigenvalue weighted by molar-refractivity contribution is -0.274. The van der Waals surface area contributed by atoms with Gasteiger partial charge in [0.25, 0.3) is 12.3 Å². The third kappa shape index (κ3) is 4.52. The van der Waals surface area contributed by atoms with Crippen molar-refractivity contribution in [3.8, 4) is 5.75 Å². The Labute approximate surface area is 149 Å². The molecular formula is C17H12F5N3O2. The zero-order valence-electron chi connectivity index (χ0n) is 13.5. The number of nitrogens with one attached hydrogen (secondary N) is 2.